The van der Waals surface area contributed by atoms with Crippen molar-refractivity contribution in [2.24, 2.45) is 0 Å². The van der Waals surface area contributed by atoms with Crippen molar-refractivity contribution in [1.29, 1.82) is 5.26 Å². The van der Waals surface area contributed by atoms with Gasteiger partial charge in [-0.1, -0.05) is 18.2 Å². The molecule has 31 heavy (non-hydrogen) atoms. The molecule has 0 aromatic heterocycles. The second-order valence-corrected chi connectivity index (χ2v) is 9.49. The minimum atomic E-state index is -4.12. The molecule has 2 aromatic rings. The van der Waals surface area contributed by atoms with Gasteiger partial charge in [-0.05, 0) is 54.1 Å². The number of rotatable bonds is 7. The lowest BCUT2D eigenvalue weighted by molar-refractivity contribution is 0.0989. The Morgan fingerprint density at radius 1 is 1.16 bits per heavy atom. The maximum Gasteiger partial charge on any atom is 0.251 e. The third-order valence-corrected chi connectivity index (χ3v) is 7.04. The van der Waals surface area contributed by atoms with Crippen LogP contribution < -0.4 is 9.62 Å². The van der Waals surface area contributed by atoms with Gasteiger partial charge in [-0.3, -0.25) is 0 Å². The van der Waals surface area contributed by atoms with Gasteiger partial charge in [0.15, 0.2) is 4.91 Å². The third-order valence-electron chi connectivity index (χ3n) is 5.56. The number of sulfonamides is 1. The van der Waals surface area contributed by atoms with Gasteiger partial charge >= 0.3 is 0 Å². The summed E-state index contributed by atoms with van der Waals surface area (Å²) in [6.07, 6.45) is -1.23. The summed E-state index contributed by atoms with van der Waals surface area (Å²) in [7, 11) is -2.00. The molecule has 0 amide bonds. The van der Waals surface area contributed by atoms with E-state index in [1.807, 2.05) is 18.2 Å². The van der Waals surface area contributed by atoms with Crippen LogP contribution >= 0.6 is 0 Å². The van der Waals surface area contributed by atoms with Gasteiger partial charge in [0, 0.05) is 38.4 Å². The first kappa shape index (κ1) is 23.2. The number of fused-ring (bicyclic) bond motifs is 1. The summed E-state index contributed by atoms with van der Waals surface area (Å²) in [6.45, 7) is 4.64. The Hall–Kier alpha value is -2.48. The van der Waals surface area contributed by atoms with Crippen LogP contribution in [0.4, 0.5) is 5.69 Å². The van der Waals surface area contributed by atoms with E-state index >= 15 is 0 Å². The molecule has 3 N–H and O–H groups in total. The van der Waals surface area contributed by atoms with Crippen LogP contribution in [0.1, 0.15) is 12.5 Å². The second-order valence-electron chi connectivity index (χ2n) is 7.79. The Bertz CT molecular complexity index is 1120. The van der Waals surface area contributed by atoms with Gasteiger partial charge in [0.25, 0.3) is 10.0 Å². The Morgan fingerprint density at radius 3 is 2.45 bits per heavy atom. The highest BCUT2D eigenvalue weighted by Gasteiger charge is 2.22. The van der Waals surface area contributed by atoms with E-state index in [1.165, 1.54) is 0 Å². The maximum atomic E-state index is 12.5. The number of nitriles is 1. The molecule has 1 unspecified atom stereocenters. The second kappa shape index (κ2) is 9.77. The topological polar surface area (TPSA) is 117 Å². The fourth-order valence-corrected chi connectivity index (χ4v) is 4.74. The standard InChI is InChI=1S/C22H28N4O4S/c1-16(22(13-23)31(29,30)24-14-21(28)15-27)17-3-4-19-12-20(6-5-18(19)11-17)26-9-7-25(2)8-10-26/h3-6,11-12,21,24,27-28H,7-10,14-15H2,1-2H3. The van der Waals surface area contributed by atoms with E-state index in [1.54, 1.807) is 19.1 Å². The van der Waals surface area contributed by atoms with E-state index in [0.29, 0.717) is 11.1 Å². The van der Waals surface area contributed by atoms with Crippen LogP contribution in [-0.2, 0) is 10.0 Å². The average Bonchev–Trinajstić information content (AvgIpc) is 2.77. The van der Waals surface area contributed by atoms with Crippen LogP contribution in [0.25, 0.3) is 16.3 Å². The van der Waals surface area contributed by atoms with Crippen molar-refractivity contribution in [3.63, 3.8) is 0 Å². The normalized spacial score (nSPS) is 17.3. The van der Waals surface area contributed by atoms with Gasteiger partial charge in [-0.25, -0.2) is 13.1 Å². The first-order valence-electron chi connectivity index (χ1n) is 10.1. The number of likely N-dealkylation sites (N-methyl/N-ethyl adjacent to an activating group) is 1. The summed E-state index contributed by atoms with van der Waals surface area (Å²) in [5, 5.41) is 29.7. The SMILES string of the molecule is CC(=C(C#N)S(=O)(=O)NCC(O)CO)c1ccc2cc(N3CCN(C)CC3)ccc2c1. The fraction of sp³-hybridized carbons (Fsp3) is 0.409. The summed E-state index contributed by atoms with van der Waals surface area (Å²) in [5.41, 5.74) is 2.11. The van der Waals surface area contributed by atoms with Crippen LogP contribution in [-0.4, -0.2) is 76.0 Å². The van der Waals surface area contributed by atoms with E-state index < -0.39 is 27.6 Å². The van der Waals surface area contributed by atoms with E-state index in [-0.39, 0.29) is 6.54 Å². The Morgan fingerprint density at radius 2 is 1.81 bits per heavy atom. The first-order chi connectivity index (χ1) is 14.7. The molecule has 0 radical (unpaired) electrons. The predicted octanol–water partition coefficient (Wildman–Crippen LogP) is 1.12. The maximum absolute atomic E-state index is 12.5. The Balaban J connectivity index is 1.89. The van der Waals surface area contributed by atoms with Crippen molar-refractivity contribution >= 4 is 32.1 Å². The molecule has 1 aliphatic rings. The molecule has 166 valence electrons. The summed E-state index contributed by atoms with van der Waals surface area (Å²) in [4.78, 5) is 4.25. The zero-order chi connectivity index (χ0) is 22.6. The monoisotopic (exact) mass is 444 g/mol. The van der Waals surface area contributed by atoms with E-state index in [9.17, 15) is 18.8 Å². The quantitative estimate of drug-likeness (QED) is 0.548. The number of nitrogens with zero attached hydrogens (tertiary/aromatic N) is 3. The molecule has 0 aliphatic carbocycles. The molecule has 1 heterocycles. The molecule has 9 heteroatoms. The van der Waals surface area contributed by atoms with Crippen LogP contribution in [0, 0.1) is 11.3 Å². The molecule has 8 nitrogen and oxygen atoms in total. The first-order valence-corrected chi connectivity index (χ1v) is 11.6. The number of aliphatic hydroxyl groups is 2. The summed E-state index contributed by atoms with van der Waals surface area (Å²) < 4.78 is 27.2. The summed E-state index contributed by atoms with van der Waals surface area (Å²) in [5.74, 6) is 0. The highest BCUT2D eigenvalue weighted by atomic mass is 32.2. The largest absolute Gasteiger partial charge is 0.394 e. The lowest BCUT2D eigenvalue weighted by Crippen LogP contribution is -2.44. The smallest absolute Gasteiger partial charge is 0.251 e. The molecule has 0 bridgehead atoms. The van der Waals surface area contributed by atoms with Gasteiger partial charge in [-0.15, -0.1) is 0 Å². The van der Waals surface area contributed by atoms with Gasteiger partial charge < -0.3 is 20.0 Å². The van der Waals surface area contributed by atoms with E-state index in [4.69, 9.17) is 5.11 Å². The van der Waals surface area contributed by atoms with E-state index in [0.717, 1.165) is 42.6 Å². The summed E-state index contributed by atoms with van der Waals surface area (Å²) >= 11 is 0. The zero-order valence-corrected chi connectivity index (χ0v) is 18.6. The third kappa shape index (κ3) is 5.42. The number of anilines is 1. The van der Waals surface area contributed by atoms with Gasteiger partial charge in [-0.2, -0.15) is 5.26 Å². The average molecular weight is 445 g/mol. The van der Waals surface area contributed by atoms with E-state index in [2.05, 4.69) is 33.7 Å². The Labute approximate surface area is 183 Å². The molecule has 1 saturated heterocycles. The van der Waals surface area contributed by atoms with Gasteiger partial charge in [0.05, 0.1) is 12.7 Å². The molecule has 0 spiro atoms. The number of allylic oxidation sites excluding steroid dienone is 2. The fourth-order valence-electron chi connectivity index (χ4n) is 3.55. The van der Waals surface area contributed by atoms with Gasteiger partial charge in [0.2, 0.25) is 0 Å². The molecule has 3 rings (SSSR count). The van der Waals surface area contributed by atoms with Crippen molar-refractivity contribution in [3.05, 3.63) is 46.9 Å². The van der Waals surface area contributed by atoms with Gasteiger partial charge in [0.1, 0.15) is 6.07 Å². The number of benzene rings is 2. The molecule has 2 aromatic carbocycles. The van der Waals surface area contributed by atoms with Crippen molar-refractivity contribution in [2.45, 2.75) is 13.0 Å². The summed E-state index contributed by atoms with van der Waals surface area (Å²) in [6, 6.07) is 13.6. The minimum absolute atomic E-state index is 0.318. The molecule has 1 fully saturated rings. The zero-order valence-electron chi connectivity index (χ0n) is 17.7. The van der Waals surface area contributed by atoms with Crippen molar-refractivity contribution in [2.75, 3.05) is 51.3 Å². The molecular formula is C22H28N4O4S. The number of hydrogen-bond donors (Lipinski definition) is 3. The highest BCUT2D eigenvalue weighted by Crippen LogP contribution is 2.28. The lowest BCUT2D eigenvalue weighted by Gasteiger charge is -2.34. The van der Waals surface area contributed by atoms with Crippen molar-refractivity contribution in [3.8, 4) is 6.07 Å². The predicted molar refractivity (Wildman–Crippen MR) is 122 cm³/mol. The van der Waals surface area contributed by atoms with Crippen molar-refractivity contribution < 1.29 is 18.6 Å². The van der Waals surface area contributed by atoms with Crippen LogP contribution in [0.2, 0.25) is 0 Å². The minimum Gasteiger partial charge on any atom is -0.394 e. The molecule has 1 aliphatic heterocycles. The van der Waals surface area contributed by atoms with Crippen LogP contribution in [0.3, 0.4) is 0 Å². The number of piperazine rings is 1. The van der Waals surface area contributed by atoms with Crippen LogP contribution in [0.5, 0.6) is 0 Å². The molecular weight excluding hydrogens is 416 g/mol. The highest BCUT2D eigenvalue weighted by molar-refractivity contribution is 7.93. The number of hydrogen-bond acceptors (Lipinski definition) is 7. The molecule has 0 saturated carbocycles. The van der Waals surface area contributed by atoms with Crippen LogP contribution in [0.15, 0.2) is 41.3 Å². The number of aliphatic hydroxyl groups excluding tert-OH is 2. The molecule has 1 atom stereocenters. The number of nitrogens with one attached hydrogen (secondary N) is 1. The Kier molecular flexibility index (Phi) is 7.30. The van der Waals surface area contributed by atoms with Crippen molar-refractivity contribution in [1.82, 2.24) is 9.62 Å². The lowest BCUT2D eigenvalue weighted by atomic mass is 10.0.